The lowest BCUT2D eigenvalue weighted by Crippen LogP contribution is -2.44. The van der Waals surface area contributed by atoms with Gasteiger partial charge in [-0.2, -0.15) is 0 Å². The highest BCUT2D eigenvalue weighted by Gasteiger charge is 2.28. The Bertz CT molecular complexity index is 89.6. The highest BCUT2D eigenvalue weighted by atomic mass is 16.5. The Labute approximate surface area is 56.4 Å². The van der Waals surface area contributed by atoms with Crippen LogP contribution in [-0.4, -0.2) is 18.2 Å². The first-order chi connectivity index (χ1) is 4.11. The molecule has 1 aliphatic heterocycles. The first-order valence-corrected chi connectivity index (χ1v) is 3.51. The van der Waals surface area contributed by atoms with E-state index < -0.39 is 0 Å². The van der Waals surface area contributed by atoms with Crippen LogP contribution in [0.2, 0.25) is 0 Å². The smallest absolute Gasteiger partial charge is 0.0749 e. The van der Waals surface area contributed by atoms with E-state index in [-0.39, 0.29) is 11.6 Å². The van der Waals surface area contributed by atoms with Crippen LogP contribution in [0.4, 0.5) is 0 Å². The quantitative estimate of drug-likeness (QED) is 0.571. The standard InChI is InChI=1S/C7H15NO/c1-7(2,8)6-4-3-5-9-6/h6H,3-5,8H2,1-2H3. The normalized spacial score (nSPS) is 29.0. The van der Waals surface area contributed by atoms with Gasteiger partial charge in [-0.15, -0.1) is 0 Å². The molecule has 1 saturated heterocycles. The predicted molar refractivity (Wildman–Crippen MR) is 37.2 cm³/mol. The average Bonchev–Trinajstić information content (AvgIpc) is 2.08. The minimum Gasteiger partial charge on any atom is -0.376 e. The molecule has 0 aliphatic carbocycles. The number of nitrogens with two attached hydrogens (primary N) is 1. The number of hydrogen-bond acceptors (Lipinski definition) is 2. The fourth-order valence-electron chi connectivity index (χ4n) is 1.16. The molecule has 2 N–H and O–H groups in total. The molecule has 0 aromatic heterocycles. The average molecular weight is 129 g/mol. The fourth-order valence-corrected chi connectivity index (χ4v) is 1.16. The van der Waals surface area contributed by atoms with Crippen molar-refractivity contribution in [3.63, 3.8) is 0 Å². The van der Waals surface area contributed by atoms with Gasteiger partial charge in [0.2, 0.25) is 0 Å². The van der Waals surface area contributed by atoms with Crippen molar-refractivity contribution in [2.24, 2.45) is 5.73 Å². The summed E-state index contributed by atoms with van der Waals surface area (Å²) in [5.41, 5.74) is 5.67. The lowest BCUT2D eigenvalue weighted by Gasteiger charge is -2.25. The maximum Gasteiger partial charge on any atom is 0.0749 e. The van der Waals surface area contributed by atoms with Crippen LogP contribution in [0, 0.1) is 0 Å². The molecule has 2 heteroatoms. The van der Waals surface area contributed by atoms with Crippen LogP contribution in [0.25, 0.3) is 0 Å². The van der Waals surface area contributed by atoms with Gasteiger partial charge in [-0.25, -0.2) is 0 Å². The zero-order valence-electron chi connectivity index (χ0n) is 6.18. The Morgan fingerprint density at radius 3 is 2.44 bits per heavy atom. The Balaban J connectivity index is 2.42. The Morgan fingerprint density at radius 1 is 1.56 bits per heavy atom. The van der Waals surface area contributed by atoms with Crippen LogP contribution >= 0.6 is 0 Å². The second kappa shape index (κ2) is 2.27. The molecule has 0 amide bonds. The summed E-state index contributed by atoms with van der Waals surface area (Å²) in [6.45, 7) is 4.93. The summed E-state index contributed by atoms with van der Waals surface area (Å²) in [7, 11) is 0. The second-order valence-electron chi connectivity index (χ2n) is 3.32. The molecule has 0 saturated carbocycles. The van der Waals surface area contributed by atoms with Crippen LogP contribution in [0.1, 0.15) is 26.7 Å². The minimum atomic E-state index is -0.142. The topological polar surface area (TPSA) is 35.2 Å². The molecule has 0 aromatic rings. The molecular weight excluding hydrogens is 114 g/mol. The minimum absolute atomic E-state index is 0.142. The van der Waals surface area contributed by atoms with Crippen molar-refractivity contribution in [2.75, 3.05) is 6.61 Å². The van der Waals surface area contributed by atoms with Crippen LogP contribution in [0.5, 0.6) is 0 Å². The van der Waals surface area contributed by atoms with Gasteiger partial charge < -0.3 is 10.5 Å². The summed E-state index contributed by atoms with van der Waals surface area (Å²) < 4.78 is 5.39. The summed E-state index contributed by atoms with van der Waals surface area (Å²) in [6.07, 6.45) is 2.59. The third kappa shape index (κ3) is 1.66. The molecule has 0 bridgehead atoms. The number of hydrogen-bond donors (Lipinski definition) is 1. The summed E-state index contributed by atoms with van der Waals surface area (Å²) in [5, 5.41) is 0. The van der Waals surface area contributed by atoms with Gasteiger partial charge in [0, 0.05) is 12.1 Å². The van der Waals surface area contributed by atoms with Crippen LogP contribution < -0.4 is 5.73 Å². The molecule has 9 heavy (non-hydrogen) atoms. The molecule has 2 nitrogen and oxygen atoms in total. The van der Waals surface area contributed by atoms with E-state index in [0.717, 1.165) is 13.0 Å². The van der Waals surface area contributed by atoms with E-state index in [2.05, 4.69) is 0 Å². The van der Waals surface area contributed by atoms with Gasteiger partial charge >= 0.3 is 0 Å². The van der Waals surface area contributed by atoms with Gasteiger partial charge in [0.25, 0.3) is 0 Å². The SMILES string of the molecule is CC(C)(N)C1CCCO1. The van der Waals surface area contributed by atoms with Crippen molar-refractivity contribution in [2.45, 2.75) is 38.3 Å². The summed E-state index contributed by atoms with van der Waals surface area (Å²) in [6, 6.07) is 0. The lowest BCUT2D eigenvalue weighted by atomic mass is 9.97. The van der Waals surface area contributed by atoms with Crippen molar-refractivity contribution in [3.8, 4) is 0 Å². The van der Waals surface area contributed by atoms with E-state index in [4.69, 9.17) is 10.5 Å². The van der Waals surface area contributed by atoms with E-state index in [1.54, 1.807) is 0 Å². The lowest BCUT2D eigenvalue weighted by molar-refractivity contribution is 0.0607. The monoisotopic (exact) mass is 129 g/mol. The first kappa shape index (κ1) is 7.03. The fraction of sp³-hybridized carbons (Fsp3) is 1.00. The van der Waals surface area contributed by atoms with E-state index in [1.807, 2.05) is 13.8 Å². The highest BCUT2D eigenvalue weighted by molar-refractivity contribution is 4.85. The van der Waals surface area contributed by atoms with Crippen molar-refractivity contribution >= 4 is 0 Å². The van der Waals surface area contributed by atoms with E-state index >= 15 is 0 Å². The van der Waals surface area contributed by atoms with Gasteiger partial charge in [-0.3, -0.25) is 0 Å². The number of ether oxygens (including phenoxy) is 1. The summed E-state index contributed by atoms with van der Waals surface area (Å²) in [4.78, 5) is 0. The summed E-state index contributed by atoms with van der Waals surface area (Å²) in [5.74, 6) is 0. The first-order valence-electron chi connectivity index (χ1n) is 3.51. The molecule has 1 rings (SSSR count). The molecule has 0 spiro atoms. The van der Waals surface area contributed by atoms with Gasteiger partial charge in [0.1, 0.15) is 0 Å². The van der Waals surface area contributed by atoms with Crippen molar-refractivity contribution in [1.82, 2.24) is 0 Å². The Hall–Kier alpha value is -0.0800. The highest BCUT2D eigenvalue weighted by Crippen LogP contribution is 2.20. The predicted octanol–water partition coefficient (Wildman–Crippen LogP) is 0.903. The number of rotatable bonds is 1. The molecule has 1 unspecified atom stereocenters. The molecular formula is C7H15NO. The van der Waals surface area contributed by atoms with Crippen LogP contribution in [0.15, 0.2) is 0 Å². The molecule has 0 aromatic carbocycles. The van der Waals surface area contributed by atoms with Crippen LogP contribution in [-0.2, 0) is 4.74 Å². The molecule has 1 heterocycles. The van der Waals surface area contributed by atoms with E-state index in [1.165, 1.54) is 6.42 Å². The molecule has 1 aliphatic rings. The third-order valence-corrected chi connectivity index (χ3v) is 1.76. The maximum atomic E-state index is 5.82. The zero-order valence-corrected chi connectivity index (χ0v) is 6.18. The second-order valence-corrected chi connectivity index (χ2v) is 3.32. The van der Waals surface area contributed by atoms with Crippen molar-refractivity contribution < 1.29 is 4.74 Å². The molecule has 54 valence electrons. The van der Waals surface area contributed by atoms with Gasteiger partial charge in [-0.1, -0.05) is 0 Å². The van der Waals surface area contributed by atoms with Gasteiger partial charge in [0.05, 0.1) is 6.10 Å². The van der Waals surface area contributed by atoms with Gasteiger partial charge in [0.15, 0.2) is 0 Å². The Kier molecular flexibility index (Phi) is 1.78. The van der Waals surface area contributed by atoms with Crippen molar-refractivity contribution in [3.05, 3.63) is 0 Å². The molecule has 1 atom stereocenters. The molecule has 1 fully saturated rings. The van der Waals surface area contributed by atoms with Crippen LogP contribution in [0.3, 0.4) is 0 Å². The Morgan fingerprint density at radius 2 is 2.22 bits per heavy atom. The zero-order chi connectivity index (χ0) is 6.91. The van der Waals surface area contributed by atoms with Crippen molar-refractivity contribution in [1.29, 1.82) is 0 Å². The maximum absolute atomic E-state index is 5.82. The largest absolute Gasteiger partial charge is 0.376 e. The van der Waals surface area contributed by atoms with Gasteiger partial charge in [-0.05, 0) is 26.7 Å². The molecule has 0 radical (unpaired) electrons. The van der Waals surface area contributed by atoms with E-state index in [0.29, 0.717) is 0 Å². The van der Waals surface area contributed by atoms with E-state index in [9.17, 15) is 0 Å². The third-order valence-electron chi connectivity index (χ3n) is 1.76. The summed E-state index contributed by atoms with van der Waals surface area (Å²) >= 11 is 0.